The highest BCUT2D eigenvalue weighted by Gasteiger charge is 2.21. The Bertz CT molecular complexity index is 1180. The van der Waals surface area contributed by atoms with E-state index >= 15 is 0 Å². The third kappa shape index (κ3) is 5.02. The van der Waals surface area contributed by atoms with E-state index in [0.717, 1.165) is 32.7 Å². The van der Waals surface area contributed by atoms with Crippen LogP contribution in [0.15, 0.2) is 51.9 Å². The van der Waals surface area contributed by atoms with Gasteiger partial charge in [0.25, 0.3) is 0 Å². The second-order valence-corrected chi connectivity index (χ2v) is 7.93. The Kier molecular flexibility index (Phi) is 6.96. The lowest BCUT2D eigenvalue weighted by molar-refractivity contribution is 0.0526. The Balaban J connectivity index is 1.56. The Morgan fingerprint density at radius 3 is 2.39 bits per heavy atom. The Hall–Kier alpha value is -3.36. The predicted octanol–water partition coefficient (Wildman–Crippen LogP) is 3.61. The number of aromatic hydroxyl groups is 1. The number of phenolic OH excluding ortho intramolecular Hbond substituents is 1. The third-order valence-corrected chi connectivity index (χ3v) is 5.88. The highest BCUT2D eigenvalue weighted by atomic mass is 16.5. The number of benzene rings is 2. The largest absolute Gasteiger partial charge is 0.507 e. The normalized spacial score (nSPS) is 15.0. The Morgan fingerprint density at radius 1 is 1.03 bits per heavy atom. The molecule has 0 unspecified atom stereocenters. The molecular formula is C25H28N2O6. The number of phenols is 1. The molecule has 2 heterocycles. The standard InChI is InChI=1S/C25H28N2O6/c1-3-26-11-13-27(14-12-26)15-20-21(28)10-9-19-23(29)22(16-32-24(19)20)33-18-7-5-17(6-8-18)25(30)31-4-2/h5-10,16,28H,3-4,11-15H2,1-2H3. The van der Waals surface area contributed by atoms with Crippen molar-refractivity contribution in [2.75, 3.05) is 39.3 Å². The van der Waals surface area contributed by atoms with Crippen LogP contribution in [-0.2, 0) is 11.3 Å². The summed E-state index contributed by atoms with van der Waals surface area (Å²) in [7, 11) is 0. The van der Waals surface area contributed by atoms with Crippen LogP contribution in [0, 0.1) is 0 Å². The quantitative estimate of drug-likeness (QED) is 0.544. The molecule has 0 saturated carbocycles. The molecule has 8 heteroatoms. The van der Waals surface area contributed by atoms with Crippen LogP contribution in [0.2, 0.25) is 0 Å². The molecule has 2 aromatic carbocycles. The van der Waals surface area contributed by atoms with E-state index in [9.17, 15) is 14.7 Å². The first-order valence-corrected chi connectivity index (χ1v) is 11.2. The van der Waals surface area contributed by atoms with Gasteiger partial charge in [-0.15, -0.1) is 0 Å². The zero-order chi connectivity index (χ0) is 23.4. The van der Waals surface area contributed by atoms with Gasteiger partial charge in [0.2, 0.25) is 11.2 Å². The number of fused-ring (bicyclic) bond motifs is 1. The van der Waals surface area contributed by atoms with E-state index in [1.807, 2.05) is 0 Å². The van der Waals surface area contributed by atoms with Crippen molar-refractivity contribution in [3.63, 3.8) is 0 Å². The first-order valence-electron chi connectivity index (χ1n) is 11.2. The number of nitrogens with zero attached hydrogens (tertiary/aromatic N) is 2. The minimum atomic E-state index is -0.419. The SMILES string of the molecule is CCOC(=O)c1ccc(Oc2coc3c(CN4CCN(CC)CC4)c(O)ccc3c2=O)cc1. The number of hydrogen-bond acceptors (Lipinski definition) is 8. The molecule has 0 amide bonds. The number of likely N-dealkylation sites (N-methyl/N-ethyl adjacent to an activating group) is 1. The number of esters is 1. The topological polar surface area (TPSA) is 92.5 Å². The van der Waals surface area contributed by atoms with Gasteiger partial charge in [-0.3, -0.25) is 9.69 Å². The lowest BCUT2D eigenvalue weighted by atomic mass is 10.1. The fourth-order valence-electron chi connectivity index (χ4n) is 3.94. The summed E-state index contributed by atoms with van der Waals surface area (Å²) in [6.07, 6.45) is 1.27. The number of carbonyl (C=O) groups excluding carboxylic acids is 1. The summed E-state index contributed by atoms with van der Waals surface area (Å²) in [5.41, 5.74) is 1.03. The molecule has 1 aliphatic rings. The highest BCUT2D eigenvalue weighted by Crippen LogP contribution is 2.30. The maximum atomic E-state index is 13.1. The van der Waals surface area contributed by atoms with Crippen molar-refractivity contribution in [3.8, 4) is 17.2 Å². The van der Waals surface area contributed by atoms with Crippen LogP contribution in [0.25, 0.3) is 11.0 Å². The molecular weight excluding hydrogens is 424 g/mol. The zero-order valence-corrected chi connectivity index (χ0v) is 18.9. The van der Waals surface area contributed by atoms with Crippen molar-refractivity contribution < 1.29 is 23.8 Å². The maximum Gasteiger partial charge on any atom is 0.338 e. The fourth-order valence-corrected chi connectivity index (χ4v) is 3.94. The molecule has 4 rings (SSSR count). The molecule has 0 bridgehead atoms. The van der Waals surface area contributed by atoms with Gasteiger partial charge in [-0.05, 0) is 49.9 Å². The molecule has 0 radical (unpaired) electrons. The summed E-state index contributed by atoms with van der Waals surface area (Å²) in [6.45, 7) is 9.42. The second kappa shape index (κ2) is 10.1. The van der Waals surface area contributed by atoms with Crippen molar-refractivity contribution in [2.24, 2.45) is 0 Å². The molecule has 0 atom stereocenters. The molecule has 0 aliphatic carbocycles. The van der Waals surface area contributed by atoms with Crippen LogP contribution >= 0.6 is 0 Å². The molecule has 1 N–H and O–H groups in total. The molecule has 8 nitrogen and oxygen atoms in total. The minimum Gasteiger partial charge on any atom is -0.507 e. The molecule has 1 saturated heterocycles. The van der Waals surface area contributed by atoms with Gasteiger partial charge in [0.1, 0.15) is 23.3 Å². The van der Waals surface area contributed by atoms with Gasteiger partial charge in [0.15, 0.2) is 0 Å². The van der Waals surface area contributed by atoms with Crippen LogP contribution < -0.4 is 10.2 Å². The fraction of sp³-hybridized carbons (Fsp3) is 0.360. The van der Waals surface area contributed by atoms with Gasteiger partial charge in [-0.25, -0.2) is 4.79 Å². The van der Waals surface area contributed by atoms with E-state index in [1.165, 1.54) is 12.3 Å². The molecule has 1 aromatic heterocycles. The van der Waals surface area contributed by atoms with Crippen LogP contribution in [0.5, 0.6) is 17.2 Å². The Morgan fingerprint density at radius 2 is 1.73 bits per heavy atom. The summed E-state index contributed by atoms with van der Waals surface area (Å²) in [5, 5.41) is 10.8. The van der Waals surface area contributed by atoms with Crippen LogP contribution in [0.4, 0.5) is 0 Å². The van der Waals surface area contributed by atoms with Crippen LogP contribution in [0.3, 0.4) is 0 Å². The van der Waals surface area contributed by atoms with E-state index in [2.05, 4.69) is 16.7 Å². The van der Waals surface area contributed by atoms with Gasteiger partial charge in [-0.1, -0.05) is 6.92 Å². The van der Waals surface area contributed by atoms with Gasteiger partial charge in [0.05, 0.1) is 23.1 Å². The maximum absolute atomic E-state index is 13.1. The van der Waals surface area contributed by atoms with Crippen molar-refractivity contribution in [3.05, 3.63) is 64.0 Å². The molecule has 33 heavy (non-hydrogen) atoms. The summed E-state index contributed by atoms with van der Waals surface area (Å²) in [5.74, 6) is 0.103. The lowest BCUT2D eigenvalue weighted by Crippen LogP contribution is -2.45. The van der Waals surface area contributed by atoms with E-state index in [-0.39, 0.29) is 16.9 Å². The smallest absolute Gasteiger partial charge is 0.338 e. The van der Waals surface area contributed by atoms with Crippen molar-refractivity contribution in [2.45, 2.75) is 20.4 Å². The first-order chi connectivity index (χ1) is 16.0. The number of ether oxygens (including phenoxy) is 2. The van der Waals surface area contributed by atoms with Gasteiger partial charge < -0.3 is 23.9 Å². The van der Waals surface area contributed by atoms with Crippen molar-refractivity contribution >= 4 is 16.9 Å². The van der Waals surface area contributed by atoms with Gasteiger partial charge in [-0.2, -0.15) is 0 Å². The van der Waals surface area contributed by atoms with Gasteiger partial charge >= 0.3 is 5.97 Å². The Labute approximate surface area is 191 Å². The van der Waals surface area contributed by atoms with Crippen LogP contribution in [-0.4, -0.2) is 60.2 Å². The summed E-state index contributed by atoms with van der Waals surface area (Å²) >= 11 is 0. The van der Waals surface area contributed by atoms with E-state index in [1.54, 1.807) is 37.3 Å². The number of piperazine rings is 1. The zero-order valence-electron chi connectivity index (χ0n) is 18.9. The highest BCUT2D eigenvalue weighted by molar-refractivity contribution is 5.89. The second-order valence-electron chi connectivity index (χ2n) is 7.93. The summed E-state index contributed by atoms with van der Waals surface area (Å²) in [4.78, 5) is 29.5. The van der Waals surface area contributed by atoms with Crippen LogP contribution in [0.1, 0.15) is 29.8 Å². The average Bonchev–Trinajstić information content (AvgIpc) is 2.83. The van der Waals surface area contributed by atoms with E-state index in [4.69, 9.17) is 13.9 Å². The number of hydrogen-bond donors (Lipinski definition) is 1. The summed E-state index contributed by atoms with van der Waals surface area (Å²) < 4.78 is 16.5. The van der Waals surface area contributed by atoms with E-state index < -0.39 is 5.97 Å². The number of rotatable bonds is 7. The first kappa shape index (κ1) is 22.8. The average molecular weight is 453 g/mol. The summed E-state index contributed by atoms with van der Waals surface area (Å²) in [6, 6.07) is 9.40. The third-order valence-electron chi connectivity index (χ3n) is 5.88. The number of carbonyl (C=O) groups is 1. The molecule has 1 fully saturated rings. The van der Waals surface area contributed by atoms with Crippen molar-refractivity contribution in [1.82, 2.24) is 9.80 Å². The molecule has 174 valence electrons. The lowest BCUT2D eigenvalue weighted by Gasteiger charge is -2.34. The van der Waals surface area contributed by atoms with Crippen molar-refractivity contribution in [1.29, 1.82) is 0 Å². The molecule has 1 aliphatic heterocycles. The van der Waals surface area contributed by atoms with E-state index in [0.29, 0.717) is 41.0 Å². The monoisotopic (exact) mass is 452 g/mol. The predicted molar refractivity (Wildman–Crippen MR) is 124 cm³/mol. The molecule has 0 spiro atoms. The minimum absolute atomic E-state index is 0.0274. The van der Waals surface area contributed by atoms with Gasteiger partial charge in [0, 0.05) is 32.7 Å². The molecule has 3 aromatic rings.